The van der Waals surface area contributed by atoms with Crippen LogP contribution in [0, 0.1) is 11.8 Å². The van der Waals surface area contributed by atoms with Crippen molar-refractivity contribution in [2.75, 3.05) is 11.9 Å². The first-order chi connectivity index (χ1) is 15.1. The van der Waals surface area contributed by atoms with Gasteiger partial charge in [-0.15, -0.1) is 0 Å². The summed E-state index contributed by atoms with van der Waals surface area (Å²) in [5.41, 5.74) is 3.50. The van der Waals surface area contributed by atoms with E-state index in [0.29, 0.717) is 6.54 Å². The number of amides is 2. The van der Waals surface area contributed by atoms with Gasteiger partial charge in [-0.05, 0) is 36.5 Å². The monoisotopic (exact) mass is 419 g/mol. The predicted octanol–water partition coefficient (Wildman–Crippen LogP) is 4.57. The number of anilines is 1. The minimum absolute atomic E-state index is 0.0163. The van der Waals surface area contributed by atoms with E-state index >= 15 is 0 Å². The van der Waals surface area contributed by atoms with Crippen molar-refractivity contribution in [1.29, 1.82) is 0 Å². The Hall–Kier alpha value is -3.02. The van der Waals surface area contributed by atoms with Crippen LogP contribution in [-0.2, 0) is 4.79 Å². The van der Waals surface area contributed by atoms with Gasteiger partial charge in [0.25, 0.3) is 0 Å². The van der Waals surface area contributed by atoms with Gasteiger partial charge >= 0.3 is 6.09 Å². The molecule has 3 aliphatic rings. The number of hydrogen-bond donors (Lipinski definition) is 3. The van der Waals surface area contributed by atoms with Crippen molar-refractivity contribution in [2.45, 2.75) is 50.2 Å². The van der Waals surface area contributed by atoms with Gasteiger partial charge in [-0.3, -0.25) is 4.79 Å². The fourth-order valence-corrected chi connectivity index (χ4v) is 5.93. The third-order valence-electron chi connectivity index (χ3n) is 7.30. The maximum absolute atomic E-state index is 13.8. The van der Waals surface area contributed by atoms with Gasteiger partial charge in [0.1, 0.15) is 0 Å². The molecular weight excluding hydrogens is 390 g/mol. The van der Waals surface area contributed by atoms with Crippen LogP contribution in [0.1, 0.15) is 55.3 Å². The first-order valence-electron chi connectivity index (χ1n) is 11.3. The minimum atomic E-state index is -1.04. The molecular formula is C25H29N3O3. The molecule has 2 fully saturated rings. The molecule has 3 N–H and O–H groups in total. The molecule has 2 aliphatic heterocycles. The number of hydrogen-bond acceptors (Lipinski definition) is 3. The van der Waals surface area contributed by atoms with Crippen molar-refractivity contribution in [2.24, 2.45) is 11.8 Å². The zero-order chi connectivity index (χ0) is 21.4. The number of carboxylic acid groups (broad SMARTS) is 1. The molecule has 2 heterocycles. The molecule has 0 spiro atoms. The van der Waals surface area contributed by atoms with Gasteiger partial charge in [-0.1, -0.05) is 61.4 Å². The summed E-state index contributed by atoms with van der Waals surface area (Å²) < 4.78 is 0. The zero-order valence-electron chi connectivity index (χ0n) is 17.5. The Bertz CT molecular complexity index is 963. The second-order valence-corrected chi connectivity index (χ2v) is 9.00. The molecule has 0 aromatic heterocycles. The van der Waals surface area contributed by atoms with E-state index in [1.807, 2.05) is 23.1 Å². The topological polar surface area (TPSA) is 81.7 Å². The third-order valence-corrected chi connectivity index (χ3v) is 7.30. The Morgan fingerprint density at radius 3 is 2.52 bits per heavy atom. The first-order valence-corrected chi connectivity index (χ1v) is 11.3. The van der Waals surface area contributed by atoms with E-state index in [9.17, 15) is 14.7 Å². The molecule has 5 atom stereocenters. The highest BCUT2D eigenvalue weighted by molar-refractivity contribution is 5.82. The third kappa shape index (κ3) is 3.64. The van der Waals surface area contributed by atoms with E-state index < -0.39 is 6.09 Å². The molecule has 0 bridgehead atoms. The van der Waals surface area contributed by atoms with Gasteiger partial charge in [-0.25, -0.2) is 4.79 Å². The SMILES string of the molecule is O=C(O)N[C@@H]1CCCC[C@@H]1C(=O)N1CC[C@@H]2[C@H](c3ccccc3)Nc3ccccc3[C@@H]21. The number of fused-ring (bicyclic) bond motifs is 3. The predicted molar refractivity (Wildman–Crippen MR) is 119 cm³/mol. The van der Waals surface area contributed by atoms with E-state index in [4.69, 9.17) is 0 Å². The van der Waals surface area contributed by atoms with Crippen LogP contribution in [0.4, 0.5) is 10.5 Å². The van der Waals surface area contributed by atoms with Gasteiger partial charge < -0.3 is 20.6 Å². The molecule has 0 unspecified atom stereocenters. The molecule has 2 amide bonds. The molecule has 0 radical (unpaired) electrons. The fourth-order valence-electron chi connectivity index (χ4n) is 5.93. The van der Waals surface area contributed by atoms with Crippen LogP contribution in [0.5, 0.6) is 0 Å². The average molecular weight is 420 g/mol. The molecule has 6 nitrogen and oxygen atoms in total. The maximum atomic E-state index is 13.8. The van der Waals surface area contributed by atoms with Crippen LogP contribution < -0.4 is 10.6 Å². The van der Waals surface area contributed by atoms with E-state index in [0.717, 1.165) is 37.8 Å². The number of carbonyl (C=O) groups is 2. The summed E-state index contributed by atoms with van der Waals surface area (Å²) in [6, 6.07) is 18.6. The Morgan fingerprint density at radius 1 is 0.968 bits per heavy atom. The summed E-state index contributed by atoms with van der Waals surface area (Å²) in [6.45, 7) is 0.712. The lowest BCUT2D eigenvalue weighted by Gasteiger charge is -2.42. The highest BCUT2D eigenvalue weighted by Crippen LogP contribution is 2.51. The lowest BCUT2D eigenvalue weighted by atomic mass is 9.79. The van der Waals surface area contributed by atoms with Gasteiger partial charge in [0.2, 0.25) is 5.91 Å². The van der Waals surface area contributed by atoms with Gasteiger partial charge in [-0.2, -0.15) is 0 Å². The summed E-state index contributed by atoms with van der Waals surface area (Å²) in [4.78, 5) is 27.1. The summed E-state index contributed by atoms with van der Waals surface area (Å²) >= 11 is 0. The second kappa shape index (κ2) is 8.25. The highest BCUT2D eigenvalue weighted by atomic mass is 16.4. The van der Waals surface area contributed by atoms with Gasteiger partial charge in [0.05, 0.1) is 18.0 Å². The van der Waals surface area contributed by atoms with Crippen molar-refractivity contribution in [3.8, 4) is 0 Å². The van der Waals surface area contributed by atoms with Gasteiger partial charge in [0.15, 0.2) is 0 Å². The summed E-state index contributed by atoms with van der Waals surface area (Å²) in [7, 11) is 0. The highest BCUT2D eigenvalue weighted by Gasteiger charge is 2.48. The Labute approximate surface area is 182 Å². The van der Waals surface area contributed by atoms with E-state index in [-0.39, 0.29) is 35.9 Å². The minimum Gasteiger partial charge on any atom is -0.465 e. The van der Waals surface area contributed by atoms with Crippen LogP contribution in [-0.4, -0.2) is 34.6 Å². The Balaban J connectivity index is 1.48. The fraction of sp³-hybridized carbons (Fsp3) is 0.440. The van der Waals surface area contributed by atoms with Crippen molar-refractivity contribution in [3.05, 3.63) is 65.7 Å². The number of carbonyl (C=O) groups excluding carboxylic acids is 1. The lowest BCUT2D eigenvalue weighted by molar-refractivity contribution is -0.138. The molecule has 1 aliphatic carbocycles. The Morgan fingerprint density at radius 2 is 1.71 bits per heavy atom. The second-order valence-electron chi connectivity index (χ2n) is 9.00. The number of likely N-dealkylation sites (tertiary alicyclic amines) is 1. The zero-order valence-corrected chi connectivity index (χ0v) is 17.5. The van der Waals surface area contributed by atoms with E-state index in [1.165, 1.54) is 11.1 Å². The number of nitrogens with one attached hydrogen (secondary N) is 2. The van der Waals surface area contributed by atoms with Gasteiger partial charge in [0, 0.05) is 24.2 Å². The number of rotatable bonds is 3. The quantitative estimate of drug-likeness (QED) is 0.681. The maximum Gasteiger partial charge on any atom is 0.404 e. The van der Waals surface area contributed by atoms with Crippen molar-refractivity contribution in [1.82, 2.24) is 10.2 Å². The van der Waals surface area contributed by atoms with Crippen molar-refractivity contribution >= 4 is 17.7 Å². The summed E-state index contributed by atoms with van der Waals surface area (Å²) in [6.07, 6.45) is 3.31. The number of benzene rings is 2. The standard InChI is InChI=1S/C25H29N3O3/c29-24(18-11-5-7-13-21(18)27-25(30)31)28-15-14-19-22(16-8-2-1-3-9-16)26-20-12-6-4-10-17(20)23(19)28/h1-4,6,8-10,12,18-19,21-23,26-27H,5,7,11,13-15H2,(H,30,31)/t18-,19+,21+,22-,23-/m0/s1. The van der Waals surface area contributed by atoms with Crippen LogP contribution in [0.3, 0.4) is 0 Å². The van der Waals surface area contributed by atoms with Crippen molar-refractivity contribution < 1.29 is 14.7 Å². The normalized spacial score (nSPS) is 29.4. The van der Waals surface area contributed by atoms with E-state index in [2.05, 4.69) is 47.0 Å². The molecule has 162 valence electrons. The number of para-hydroxylation sites is 1. The summed E-state index contributed by atoms with van der Waals surface area (Å²) in [5.74, 6) is 0.117. The summed E-state index contributed by atoms with van der Waals surface area (Å²) in [5, 5.41) is 15.6. The molecule has 2 aromatic rings. The largest absolute Gasteiger partial charge is 0.465 e. The van der Waals surface area contributed by atoms with Crippen LogP contribution in [0.15, 0.2) is 54.6 Å². The van der Waals surface area contributed by atoms with E-state index in [1.54, 1.807) is 0 Å². The molecule has 2 aromatic carbocycles. The van der Waals surface area contributed by atoms with Crippen LogP contribution in [0.2, 0.25) is 0 Å². The molecule has 5 rings (SSSR count). The smallest absolute Gasteiger partial charge is 0.404 e. The molecule has 31 heavy (non-hydrogen) atoms. The number of nitrogens with zero attached hydrogens (tertiary/aromatic N) is 1. The van der Waals surface area contributed by atoms with Crippen LogP contribution >= 0.6 is 0 Å². The average Bonchev–Trinajstić information content (AvgIpc) is 3.24. The molecule has 6 heteroatoms. The Kier molecular flexibility index (Phi) is 5.30. The molecule has 1 saturated heterocycles. The first kappa shape index (κ1) is 19.9. The molecule has 1 saturated carbocycles. The lowest BCUT2D eigenvalue weighted by Crippen LogP contribution is -2.49. The van der Waals surface area contributed by atoms with Crippen molar-refractivity contribution in [3.63, 3.8) is 0 Å². The van der Waals surface area contributed by atoms with Crippen LogP contribution in [0.25, 0.3) is 0 Å².